The molecule has 0 saturated carbocycles. The summed E-state index contributed by atoms with van der Waals surface area (Å²) in [5.74, 6) is -1.57. The second-order valence-electron chi connectivity index (χ2n) is 5.27. The first-order valence-corrected chi connectivity index (χ1v) is 12.0. The maximum atomic E-state index is 11.2. The molecular formula is C12H22O8Si2. The molecule has 22 heavy (non-hydrogen) atoms. The van der Waals surface area contributed by atoms with E-state index in [9.17, 15) is 19.2 Å². The van der Waals surface area contributed by atoms with E-state index in [-0.39, 0.29) is 18.7 Å². The fraction of sp³-hybridized carbons (Fsp3) is 0.667. The molecule has 0 spiro atoms. The van der Waals surface area contributed by atoms with Crippen molar-refractivity contribution in [3.63, 3.8) is 0 Å². The van der Waals surface area contributed by atoms with Gasteiger partial charge in [0.25, 0.3) is 32.7 Å². The molecule has 0 aromatic carbocycles. The Morgan fingerprint density at radius 3 is 1.68 bits per heavy atom. The Bertz CT molecular complexity index is 423. The summed E-state index contributed by atoms with van der Waals surface area (Å²) in [6.07, 6.45) is -0.0132. The predicted molar refractivity (Wildman–Crippen MR) is 80.2 cm³/mol. The van der Waals surface area contributed by atoms with Gasteiger partial charge >= 0.3 is 8.56 Å². The lowest BCUT2D eigenvalue weighted by Crippen LogP contribution is -2.47. The quantitative estimate of drug-likeness (QED) is 0.448. The molecule has 0 fully saturated rings. The topological polar surface area (TPSA) is 105 Å². The Morgan fingerprint density at radius 2 is 1.32 bits per heavy atom. The molecule has 0 aliphatic heterocycles. The third-order valence-corrected chi connectivity index (χ3v) is 8.64. The minimum absolute atomic E-state index is 0.0132. The normalized spacial score (nSPS) is 13.5. The van der Waals surface area contributed by atoms with Crippen LogP contribution in [0.15, 0.2) is 0 Å². The summed E-state index contributed by atoms with van der Waals surface area (Å²) in [4.78, 5) is 44.0. The number of carbonyl (C=O) groups is 4. The largest absolute Gasteiger partial charge is 0.516 e. The molecule has 0 aliphatic carbocycles. The predicted octanol–water partition coefficient (Wildman–Crippen LogP) is 1.04. The Labute approximate surface area is 131 Å². The third kappa shape index (κ3) is 8.57. The molecule has 0 rings (SSSR count). The molecule has 0 bridgehead atoms. The van der Waals surface area contributed by atoms with Crippen molar-refractivity contribution in [3.8, 4) is 0 Å². The standard InChI is InChI=1S/C12H22O8Si2/c1-10(14)18-21(4,9-17-8-13)6-7-22(5,19-11(2)15)20-12(3)16/h8H,6-7,9H2,1-5H3. The molecule has 0 aromatic heterocycles. The molecule has 126 valence electrons. The van der Waals surface area contributed by atoms with Crippen LogP contribution in [0, 0.1) is 0 Å². The van der Waals surface area contributed by atoms with Crippen molar-refractivity contribution >= 4 is 41.3 Å². The fourth-order valence-electron chi connectivity index (χ4n) is 1.93. The first-order chi connectivity index (χ1) is 10.0. The molecule has 0 N–H and O–H groups in total. The van der Waals surface area contributed by atoms with E-state index in [0.29, 0.717) is 6.04 Å². The van der Waals surface area contributed by atoms with Crippen LogP contribution < -0.4 is 0 Å². The van der Waals surface area contributed by atoms with Gasteiger partial charge in [-0.3, -0.25) is 19.2 Å². The van der Waals surface area contributed by atoms with E-state index in [2.05, 4.69) is 0 Å². The van der Waals surface area contributed by atoms with Crippen molar-refractivity contribution in [1.29, 1.82) is 0 Å². The fourth-order valence-corrected chi connectivity index (χ4v) is 8.75. The average Bonchev–Trinajstić information content (AvgIpc) is 2.31. The summed E-state index contributed by atoms with van der Waals surface area (Å²) >= 11 is 0. The molecule has 0 aliphatic rings. The molecule has 0 saturated heterocycles. The monoisotopic (exact) mass is 350 g/mol. The van der Waals surface area contributed by atoms with Gasteiger partial charge in [0, 0.05) is 33.4 Å². The lowest BCUT2D eigenvalue weighted by Gasteiger charge is -2.30. The van der Waals surface area contributed by atoms with Gasteiger partial charge < -0.3 is 18.0 Å². The van der Waals surface area contributed by atoms with Crippen LogP contribution in [0.2, 0.25) is 25.2 Å². The first-order valence-electron chi connectivity index (χ1n) is 6.66. The molecule has 1 atom stereocenters. The highest BCUT2D eigenvalue weighted by Crippen LogP contribution is 2.24. The molecule has 0 amide bonds. The van der Waals surface area contributed by atoms with Crippen LogP contribution >= 0.6 is 0 Å². The van der Waals surface area contributed by atoms with Crippen LogP contribution in [0.3, 0.4) is 0 Å². The average molecular weight is 350 g/mol. The highest BCUT2D eigenvalue weighted by Gasteiger charge is 2.43. The smallest absolute Gasteiger partial charge is 0.460 e. The molecular weight excluding hydrogens is 328 g/mol. The van der Waals surface area contributed by atoms with Crippen molar-refractivity contribution in [2.75, 3.05) is 6.23 Å². The Morgan fingerprint density at radius 1 is 0.864 bits per heavy atom. The third-order valence-electron chi connectivity index (χ3n) is 2.67. The highest BCUT2D eigenvalue weighted by molar-refractivity contribution is 6.77. The minimum Gasteiger partial charge on any atom is -0.516 e. The van der Waals surface area contributed by atoms with Crippen molar-refractivity contribution in [2.45, 2.75) is 46.0 Å². The second-order valence-corrected chi connectivity index (χ2v) is 12.3. The van der Waals surface area contributed by atoms with Crippen molar-refractivity contribution in [2.24, 2.45) is 0 Å². The van der Waals surface area contributed by atoms with Crippen LogP contribution in [0.4, 0.5) is 0 Å². The van der Waals surface area contributed by atoms with Gasteiger partial charge in [0.15, 0.2) is 0 Å². The lowest BCUT2D eigenvalue weighted by atomic mass is 10.9. The molecule has 0 aromatic rings. The van der Waals surface area contributed by atoms with E-state index in [0.717, 1.165) is 0 Å². The summed E-state index contributed by atoms with van der Waals surface area (Å²) in [5, 5.41) is 0. The van der Waals surface area contributed by atoms with Gasteiger partial charge in [-0.25, -0.2) is 0 Å². The van der Waals surface area contributed by atoms with Gasteiger partial charge in [-0.15, -0.1) is 0 Å². The first kappa shape index (κ1) is 20.3. The lowest BCUT2D eigenvalue weighted by molar-refractivity contribution is -0.139. The van der Waals surface area contributed by atoms with Gasteiger partial charge in [0.1, 0.15) is 6.23 Å². The molecule has 0 radical (unpaired) electrons. The minimum atomic E-state index is -3.08. The maximum absolute atomic E-state index is 11.2. The number of ether oxygens (including phenoxy) is 1. The molecule has 0 heterocycles. The Hall–Kier alpha value is -1.69. The number of carbonyl (C=O) groups excluding carboxylic acids is 4. The van der Waals surface area contributed by atoms with E-state index < -0.39 is 34.8 Å². The van der Waals surface area contributed by atoms with Crippen LogP contribution in [0.5, 0.6) is 0 Å². The highest BCUT2D eigenvalue weighted by atomic mass is 28.4. The van der Waals surface area contributed by atoms with Gasteiger partial charge in [-0.2, -0.15) is 0 Å². The zero-order valence-electron chi connectivity index (χ0n) is 13.5. The Balaban J connectivity index is 5.00. The van der Waals surface area contributed by atoms with Crippen LogP contribution in [-0.2, 0) is 37.2 Å². The molecule has 8 nitrogen and oxygen atoms in total. The van der Waals surface area contributed by atoms with Gasteiger partial charge in [-0.05, 0) is 12.6 Å². The SMILES string of the molecule is CC(=O)O[Si](C)(CC[Si](C)(OC(C)=O)OC(C)=O)COC=O. The van der Waals surface area contributed by atoms with Crippen molar-refractivity contribution < 1.29 is 37.2 Å². The van der Waals surface area contributed by atoms with E-state index in [1.165, 1.54) is 20.8 Å². The van der Waals surface area contributed by atoms with Crippen LogP contribution in [0.1, 0.15) is 20.8 Å². The number of hydrogen-bond donors (Lipinski definition) is 0. The van der Waals surface area contributed by atoms with Crippen molar-refractivity contribution in [3.05, 3.63) is 0 Å². The van der Waals surface area contributed by atoms with Gasteiger partial charge in [0.2, 0.25) is 0 Å². The van der Waals surface area contributed by atoms with Gasteiger partial charge in [0.05, 0.1) is 0 Å². The number of rotatable bonds is 9. The zero-order chi connectivity index (χ0) is 17.4. The summed E-state index contributed by atoms with van der Waals surface area (Å²) < 4.78 is 20.4. The van der Waals surface area contributed by atoms with Gasteiger partial charge in [-0.1, -0.05) is 0 Å². The summed E-state index contributed by atoms with van der Waals surface area (Å²) in [6.45, 7) is 7.30. The van der Waals surface area contributed by atoms with Crippen LogP contribution in [-0.4, -0.2) is 47.5 Å². The summed E-state index contributed by atoms with van der Waals surface area (Å²) in [6, 6.07) is 0.591. The second kappa shape index (κ2) is 8.68. The molecule has 1 unspecified atom stereocenters. The summed E-state index contributed by atoms with van der Waals surface area (Å²) in [7, 11) is -5.77. The Kier molecular flexibility index (Phi) is 8.02. The van der Waals surface area contributed by atoms with E-state index in [1.54, 1.807) is 13.1 Å². The zero-order valence-corrected chi connectivity index (χ0v) is 15.5. The molecule has 10 heteroatoms. The van der Waals surface area contributed by atoms with E-state index in [4.69, 9.17) is 18.0 Å². The summed E-state index contributed by atoms with van der Waals surface area (Å²) in [5.41, 5.74) is 0. The maximum Gasteiger partial charge on any atom is 0.460 e. The van der Waals surface area contributed by atoms with Crippen molar-refractivity contribution in [1.82, 2.24) is 0 Å². The van der Waals surface area contributed by atoms with Crippen LogP contribution in [0.25, 0.3) is 0 Å². The number of hydrogen-bond acceptors (Lipinski definition) is 8. The van der Waals surface area contributed by atoms with E-state index >= 15 is 0 Å². The van der Waals surface area contributed by atoms with E-state index in [1.807, 2.05) is 0 Å².